The van der Waals surface area contributed by atoms with E-state index in [0.717, 1.165) is 18.5 Å². The summed E-state index contributed by atoms with van der Waals surface area (Å²) in [6, 6.07) is 15.5. The molecule has 24 heavy (non-hydrogen) atoms. The molecule has 0 bridgehead atoms. The van der Waals surface area contributed by atoms with Crippen LogP contribution in [-0.2, 0) is 17.6 Å². The topological polar surface area (TPSA) is 29.1 Å². The molecule has 0 spiro atoms. The fourth-order valence-corrected chi connectivity index (χ4v) is 5.00. The van der Waals surface area contributed by atoms with Gasteiger partial charge in [0.05, 0.1) is 0 Å². The number of rotatable bonds is 1. The number of nitrogens with one attached hydrogen (secondary N) is 1. The molecule has 3 atom stereocenters. The van der Waals surface area contributed by atoms with E-state index in [1.54, 1.807) is 12.5 Å². The van der Waals surface area contributed by atoms with Gasteiger partial charge in [-0.15, -0.1) is 0 Å². The van der Waals surface area contributed by atoms with Crippen molar-refractivity contribution in [1.29, 1.82) is 0 Å². The first kappa shape index (κ1) is 15.4. The van der Waals surface area contributed by atoms with Gasteiger partial charge in [-0.05, 0) is 70.9 Å². The van der Waals surface area contributed by atoms with Crippen molar-refractivity contribution in [3.8, 4) is 0 Å². The van der Waals surface area contributed by atoms with Gasteiger partial charge in [0.15, 0.2) is 0 Å². The molecule has 1 N–H and O–H groups in total. The Balaban J connectivity index is 1.76. The zero-order valence-electron chi connectivity index (χ0n) is 14.7. The Morgan fingerprint density at radius 3 is 2.62 bits per heavy atom. The lowest BCUT2D eigenvalue weighted by Gasteiger charge is -2.31. The second kappa shape index (κ2) is 5.47. The highest BCUT2D eigenvalue weighted by atomic mass is 16.1. The molecule has 0 aliphatic heterocycles. The third-order valence-corrected chi connectivity index (χ3v) is 6.04. The summed E-state index contributed by atoms with van der Waals surface area (Å²) in [5, 5.41) is 2.94. The fourth-order valence-electron chi connectivity index (χ4n) is 5.00. The smallest absolute Gasteiger partial charge is 0.221 e. The lowest BCUT2D eigenvalue weighted by molar-refractivity contribution is -0.114. The molecule has 2 aromatic carbocycles. The van der Waals surface area contributed by atoms with Gasteiger partial charge in [0, 0.05) is 12.6 Å². The van der Waals surface area contributed by atoms with Gasteiger partial charge in [0.25, 0.3) is 0 Å². The second-order valence-corrected chi connectivity index (χ2v) is 7.99. The molecule has 2 aromatic rings. The van der Waals surface area contributed by atoms with Crippen LogP contribution in [0.4, 0.5) is 5.69 Å². The van der Waals surface area contributed by atoms with E-state index in [1.165, 1.54) is 23.1 Å². The number of anilines is 1. The van der Waals surface area contributed by atoms with Gasteiger partial charge in [-0.3, -0.25) is 4.79 Å². The third-order valence-electron chi connectivity index (χ3n) is 6.04. The lowest BCUT2D eigenvalue weighted by Crippen LogP contribution is -2.24. The zero-order chi connectivity index (χ0) is 16.9. The molecule has 3 unspecified atom stereocenters. The molecule has 2 aliphatic rings. The fraction of sp³-hybridized carbons (Fsp3) is 0.409. The summed E-state index contributed by atoms with van der Waals surface area (Å²) in [5.41, 5.74) is 7.15. The molecule has 2 aliphatic carbocycles. The molecule has 2 nitrogen and oxygen atoms in total. The van der Waals surface area contributed by atoms with E-state index in [0.29, 0.717) is 11.8 Å². The zero-order valence-corrected chi connectivity index (χ0v) is 14.7. The van der Waals surface area contributed by atoms with Gasteiger partial charge in [-0.1, -0.05) is 44.2 Å². The van der Waals surface area contributed by atoms with Gasteiger partial charge in [-0.2, -0.15) is 0 Å². The lowest BCUT2D eigenvalue weighted by atomic mass is 9.73. The van der Waals surface area contributed by atoms with Crippen molar-refractivity contribution in [3.63, 3.8) is 0 Å². The molecule has 0 saturated carbocycles. The average molecular weight is 319 g/mol. The molecule has 0 saturated heterocycles. The molecule has 0 heterocycles. The quantitative estimate of drug-likeness (QED) is 0.784. The van der Waals surface area contributed by atoms with Gasteiger partial charge in [0.1, 0.15) is 0 Å². The summed E-state index contributed by atoms with van der Waals surface area (Å²) in [6.45, 7) is 6.37. The molecule has 0 aromatic heterocycles. The van der Waals surface area contributed by atoms with Gasteiger partial charge in [0.2, 0.25) is 5.91 Å². The minimum atomic E-state index is -0.00557. The Labute approximate surface area is 144 Å². The van der Waals surface area contributed by atoms with Gasteiger partial charge >= 0.3 is 0 Å². The van der Waals surface area contributed by atoms with Crippen LogP contribution < -0.4 is 5.32 Å². The van der Waals surface area contributed by atoms with Crippen LogP contribution in [0.1, 0.15) is 61.3 Å². The number of fused-ring (bicyclic) bond motifs is 4. The van der Waals surface area contributed by atoms with Crippen molar-refractivity contribution in [2.24, 2.45) is 5.41 Å². The van der Waals surface area contributed by atoms with Gasteiger partial charge in [-0.25, -0.2) is 0 Å². The molecule has 124 valence electrons. The van der Waals surface area contributed by atoms with E-state index in [-0.39, 0.29) is 11.3 Å². The Hall–Kier alpha value is -2.09. The van der Waals surface area contributed by atoms with Crippen LogP contribution in [0.25, 0.3) is 0 Å². The number of carbonyl (C=O) groups excluding carboxylic acids is 1. The Kier molecular flexibility index (Phi) is 3.52. The van der Waals surface area contributed by atoms with E-state index in [1.807, 2.05) is 6.07 Å². The van der Waals surface area contributed by atoms with Crippen molar-refractivity contribution in [2.45, 2.75) is 51.9 Å². The number of amides is 1. The van der Waals surface area contributed by atoms with E-state index in [4.69, 9.17) is 0 Å². The van der Waals surface area contributed by atoms with E-state index in [2.05, 4.69) is 55.6 Å². The van der Waals surface area contributed by atoms with Crippen LogP contribution in [0, 0.1) is 5.41 Å². The highest BCUT2D eigenvalue weighted by molar-refractivity contribution is 5.88. The number of carbonyl (C=O) groups is 1. The normalized spacial score (nSPS) is 27.6. The molecular weight excluding hydrogens is 294 g/mol. The first-order chi connectivity index (χ1) is 11.5. The summed E-state index contributed by atoms with van der Waals surface area (Å²) in [5.74, 6) is 1.17. The standard InChI is InChI=1S/C22H25NO/c1-14-10-21-20-7-5-4-6-16(20)12-22(21,3)13-17-11-18(23-15(2)24)8-9-19(14)17/h4-9,11,14,21H,10,12-13H2,1-3H3,(H,23,24). The van der Waals surface area contributed by atoms with Crippen molar-refractivity contribution >= 4 is 11.6 Å². The maximum absolute atomic E-state index is 11.4. The van der Waals surface area contributed by atoms with E-state index < -0.39 is 0 Å². The van der Waals surface area contributed by atoms with Crippen LogP contribution in [-0.4, -0.2) is 5.91 Å². The van der Waals surface area contributed by atoms with Crippen molar-refractivity contribution in [1.82, 2.24) is 0 Å². The highest BCUT2D eigenvalue weighted by Gasteiger charge is 2.45. The number of hydrogen-bond acceptors (Lipinski definition) is 1. The van der Waals surface area contributed by atoms with Crippen molar-refractivity contribution in [3.05, 3.63) is 64.7 Å². The van der Waals surface area contributed by atoms with Gasteiger partial charge < -0.3 is 5.32 Å². The van der Waals surface area contributed by atoms with Crippen LogP contribution in [0.5, 0.6) is 0 Å². The van der Waals surface area contributed by atoms with E-state index >= 15 is 0 Å². The average Bonchev–Trinajstić information content (AvgIpc) is 2.73. The second-order valence-electron chi connectivity index (χ2n) is 7.99. The minimum absolute atomic E-state index is 0.00557. The number of hydrogen-bond donors (Lipinski definition) is 1. The summed E-state index contributed by atoms with van der Waals surface area (Å²) < 4.78 is 0. The van der Waals surface area contributed by atoms with Crippen molar-refractivity contribution in [2.75, 3.05) is 5.32 Å². The van der Waals surface area contributed by atoms with Crippen molar-refractivity contribution < 1.29 is 4.79 Å². The molecule has 1 amide bonds. The van der Waals surface area contributed by atoms with Crippen LogP contribution in [0.3, 0.4) is 0 Å². The monoisotopic (exact) mass is 319 g/mol. The SMILES string of the molecule is CC(=O)Nc1ccc2c(c1)CC1(C)Cc3ccccc3C1CC2C. The Bertz CT molecular complexity index is 809. The summed E-state index contributed by atoms with van der Waals surface area (Å²) in [6.07, 6.45) is 3.45. The Morgan fingerprint density at radius 1 is 1.08 bits per heavy atom. The largest absolute Gasteiger partial charge is 0.326 e. The predicted octanol–water partition coefficient (Wildman–Crippen LogP) is 5.04. The van der Waals surface area contributed by atoms with Crippen LogP contribution >= 0.6 is 0 Å². The molecule has 0 radical (unpaired) electrons. The van der Waals surface area contributed by atoms with E-state index in [9.17, 15) is 4.79 Å². The maximum atomic E-state index is 11.4. The summed E-state index contributed by atoms with van der Waals surface area (Å²) in [7, 11) is 0. The van der Waals surface area contributed by atoms with Crippen LogP contribution in [0.2, 0.25) is 0 Å². The first-order valence-corrected chi connectivity index (χ1v) is 8.94. The predicted molar refractivity (Wildman–Crippen MR) is 98.5 cm³/mol. The third kappa shape index (κ3) is 2.45. The molecule has 4 rings (SSSR count). The molecular formula is C22H25NO. The highest BCUT2D eigenvalue weighted by Crippen LogP contribution is 2.55. The van der Waals surface area contributed by atoms with Crippen LogP contribution in [0.15, 0.2) is 42.5 Å². The summed E-state index contributed by atoms with van der Waals surface area (Å²) in [4.78, 5) is 11.4. The minimum Gasteiger partial charge on any atom is -0.326 e. The molecule has 2 heteroatoms. The summed E-state index contributed by atoms with van der Waals surface area (Å²) >= 11 is 0. The molecule has 0 fully saturated rings. The maximum Gasteiger partial charge on any atom is 0.221 e. The first-order valence-electron chi connectivity index (χ1n) is 8.94. The number of benzene rings is 2. The Morgan fingerprint density at radius 2 is 1.83 bits per heavy atom.